The molecule has 1 aliphatic rings. The zero-order valence-electron chi connectivity index (χ0n) is 15.4. The highest BCUT2D eigenvalue weighted by Gasteiger charge is 2.22. The molecule has 1 saturated carbocycles. The molecule has 1 fully saturated rings. The maximum absolute atomic E-state index is 14.7. The van der Waals surface area contributed by atoms with Crippen LogP contribution in [0.1, 0.15) is 51.0 Å². The second-order valence-electron chi connectivity index (χ2n) is 7.33. The van der Waals surface area contributed by atoms with E-state index in [4.69, 9.17) is 0 Å². The lowest BCUT2D eigenvalue weighted by Gasteiger charge is -2.29. The highest BCUT2D eigenvalue weighted by Crippen LogP contribution is 2.34. The SMILES string of the molecule is CCC(Cc1ccc(-c2ccc(N=C=S)cc2)c(F)c1)C1CCCCC1. The first kappa shape index (κ1) is 18.9. The monoisotopic (exact) mass is 367 g/mol. The molecule has 26 heavy (non-hydrogen) atoms. The predicted molar refractivity (Wildman–Crippen MR) is 111 cm³/mol. The van der Waals surface area contributed by atoms with Crippen LogP contribution in [0.25, 0.3) is 11.1 Å². The van der Waals surface area contributed by atoms with Crippen LogP contribution in [0, 0.1) is 17.7 Å². The van der Waals surface area contributed by atoms with Crippen LogP contribution in [0.4, 0.5) is 10.1 Å². The minimum absolute atomic E-state index is 0.146. The molecule has 2 aromatic rings. The first-order valence-corrected chi connectivity index (χ1v) is 10.1. The molecule has 136 valence electrons. The van der Waals surface area contributed by atoms with E-state index in [9.17, 15) is 4.39 Å². The van der Waals surface area contributed by atoms with Crippen molar-refractivity contribution in [3.05, 3.63) is 53.8 Å². The second kappa shape index (κ2) is 9.21. The van der Waals surface area contributed by atoms with Gasteiger partial charge in [0.15, 0.2) is 0 Å². The van der Waals surface area contributed by atoms with Gasteiger partial charge >= 0.3 is 0 Å². The van der Waals surface area contributed by atoms with E-state index in [1.807, 2.05) is 30.3 Å². The van der Waals surface area contributed by atoms with E-state index in [0.717, 1.165) is 29.2 Å². The van der Waals surface area contributed by atoms with E-state index in [-0.39, 0.29) is 5.82 Å². The highest BCUT2D eigenvalue weighted by atomic mass is 32.1. The summed E-state index contributed by atoms with van der Waals surface area (Å²) in [4.78, 5) is 3.94. The standard InChI is InChI=1S/C23H26FNS/c1-2-18(19-6-4-3-5-7-19)14-17-8-13-22(23(24)15-17)20-9-11-21(12-10-20)25-16-26/h8-13,15,18-19H,2-7,14H2,1H3. The van der Waals surface area contributed by atoms with E-state index >= 15 is 0 Å². The predicted octanol–water partition coefficient (Wildman–Crippen LogP) is 7.38. The fourth-order valence-electron chi connectivity index (χ4n) is 4.24. The Balaban J connectivity index is 1.75. The van der Waals surface area contributed by atoms with Gasteiger partial charge in [-0.2, -0.15) is 4.99 Å². The van der Waals surface area contributed by atoms with Crippen molar-refractivity contribution in [3.63, 3.8) is 0 Å². The van der Waals surface area contributed by atoms with Gasteiger partial charge in [0.1, 0.15) is 5.82 Å². The lowest BCUT2D eigenvalue weighted by atomic mass is 9.76. The summed E-state index contributed by atoms with van der Waals surface area (Å²) in [6, 6.07) is 13.1. The third-order valence-corrected chi connectivity index (χ3v) is 5.82. The molecule has 3 heteroatoms. The van der Waals surface area contributed by atoms with Crippen molar-refractivity contribution >= 4 is 23.1 Å². The molecule has 0 aliphatic heterocycles. The average molecular weight is 368 g/mol. The molecular formula is C23H26FNS. The molecule has 0 heterocycles. The van der Waals surface area contributed by atoms with Gasteiger partial charge in [-0.15, -0.1) is 0 Å². The number of isothiocyanates is 1. The summed E-state index contributed by atoms with van der Waals surface area (Å²) in [6.45, 7) is 2.27. The van der Waals surface area contributed by atoms with Gasteiger partial charge in [0, 0.05) is 5.56 Å². The van der Waals surface area contributed by atoms with Crippen LogP contribution < -0.4 is 0 Å². The van der Waals surface area contributed by atoms with Crippen molar-refractivity contribution in [2.75, 3.05) is 0 Å². The third kappa shape index (κ3) is 4.66. The zero-order chi connectivity index (χ0) is 18.4. The Morgan fingerprint density at radius 3 is 2.46 bits per heavy atom. The molecule has 0 amide bonds. The summed E-state index contributed by atoms with van der Waals surface area (Å²) < 4.78 is 14.7. The molecule has 0 radical (unpaired) electrons. The Labute approximate surface area is 161 Å². The minimum atomic E-state index is -0.146. The third-order valence-electron chi connectivity index (χ3n) is 5.73. The number of thiocarbonyl (C=S) groups is 1. The van der Waals surface area contributed by atoms with Crippen LogP contribution in [-0.4, -0.2) is 5.16 Å². The number of hydrogen-bond donors (Lipinski definition) is 0. The van der Waals surface area contributed by atoms with Crippen molar-refractivity contribution in [1.29, 1.82) is 0 Å². The molecule has 1 aliphatic carbocycles. The molecule has 2 aromatic carbocycles. The van der Waals surface area contributed by atoms with Gasteiger partial charge in [-0.3, -0.25) is 0 Å². The van der Waals surface area contributed by atoms with Gasteiger partial charge in [0.2, 0.25) is 0 Å². The van der Waals surface area contributed by atoms with Crippen LogP contribution >= 0.6 is 12.2 Å². The van der Waals surface area contributed by atoms with Gasteiger partial charge < -0.3 is 0 Å². The molecule has 0 spiro atoms. The second-order valence-corrected chi connectivity index (χ2v) is 7.52. The first-order chi connectivity index (χ1) is 12.7. The van der Waals surface area contributed by atoms with Crippen LogP contribution in [0.15, 0.2) is 47.5 Å². The maximum Gasteiger partial charge on any atom is 0.131 e. The summed E-state index contributed by atoms with van der Waals surface area (Å²) >= 11 is 4.61. The van der Waals surface area contributed by atoms with E-state index in [1.165, 1.54) is 38.5 Å². The van der Waals surface area contributed by atoms with E-state index < -0.39 is 0 Å². The summed E-state index contributed by atoms with van der Waals surface area (Å²) in [5.41, 5.74) is 3.35. The van der Waals surface area contributed by atoms with Crippen molar-refractivity contribution in [3.8, 4) is 11.1 Å². The molecule has 0 saturated heterocycles. The molecule has 1 unspecified atom stereocenters. The van der Waals surface area contributed by atoms with Crippen LogP contribution in [-0.2, 0) is 6.42 Å². The summed E-state index contributed by atoms with van der Waals surface area (Å²) in [5, 5.41) is 2.35. The van der Waals surface area contributed by atoms with Gasteiger partial charge in [0.25, 0.3) is 0 Å². The topological polar surface area (TPSA) is 12.4 Å². The molecule has 1 atom stereocenters. The number of nitrogens with zero attached hydrogens (tertiary/aromatic N) is 1. The Morgan fingerprint density at radius 1 is 1.12 bits per heavy atom. The smallest absolute Gasteiger partial charge is 0.131 e. The van der Waals surface area contributed by atoms with E-state index in [0.29, 0.717) is 11.5 Å². The molecule has 3 rings (SSSR count). The summed E-state index contributed by atoms with van der Waals surface area (Å²) in [6.07, 6.45) is 8.95. The van der Waals surface area contributed by atoms with Crippen molar-refractivity contribution < 1.29 is 4.39 Å². The van der Waals surface area contributed by atoms with Crippen molar-refractivity contribution in [1.82, 2.24) is 0 Å². The van der Waals surface area contributed by atoms with Crippen molar-refractivity contribution in [2.45, 2.75) is 51.9 Å². The van der Waals surface area contributed by atoms with Gasteiger partial charge in [-0.05, 0) is 59.8 Å². The number of rotatable bonds is 6. The Bertz CT molecular complexity index is 771. The Morgan fingerprint density at radius 2 is 1.85 bits per heavy atom. The number of halogens is 1. The fraction of sp³-hybridized carbons (Fsp3) is 0.435. The molecule has 0 N–H and O–H groups in total. The van der Waals surface area contributed by atoms with E-state index in [1.54, 1.807) is 6.07 Å². The number of hydrogen-bond acceptors (Lipinski definition) is 2. The molecular weight excluding hydrogens is 341 g/mol. The molecule has 0 aromatic heterocycles. The minimum Gasteiger partial charge on any atom is -0.206 e. The molecule has 0 bridgehead atoms. The first-order valence-electron chi connectivity index (χ1n) is 9.68. The summed E-state index contributed by atoms with van der Waals surface area (Å²) in [5.74, 6) is 1.34. The lowest BCUT2D eigenvalue weighted by molar-refractivity contribution is 0.240. The van der Waals surface area contributed by atoms with Crippen LogP contribution in [0.5, 0.6) is 0 Å². The van der Waals surface area contributed by atoms with E-state index in [2.05, 4.69) is 35.4 Å². The maximum atomic E-state index is 14.7. The van der Waals surface area contributed by atoms with Gasteiger partial charge in [-0.1, -0.05) is 69.7 Å². The van der Waals surface area contributed by atoms with Gasteiger partial charge in [-0.25, -0.2) is 4.39 Å². The zero-order valence-corrected chi connectivity index (χ0v) is 16.2. The van der Waals surface area contributed by atoms with Crippen LogP contribution in [0.2, 0.25) is 0 Å². The quantitative estimate of drug-likeness (QED) is 0.383. The van der Waals surface area contributed by atoms with Crippen LogP contribution in [0.3, 0.4) is 0 Å². The Hall–Kier alpha value is -1.83. The van der Waals surface area contributed by atoms with Gasteiger partial charge in [0.05, 0.1) is 10.8 Å². The fourth-order valence-corrected chi connectivity index (χ4v) is 4.35. The number of aliphatic imine (C=N–C) groups is 1. The lowest BCUT2D eigenvalue weighted by Crippen LogP contribution is -2.19. The highest BCUT2D eigenvalue weighted by molar-refractivity contribution is 7.78. The normalized spacial score (nSPS) is 16.1. The Kier molecular flexibility index (Phi) is 6.71. The average Bonchev–Trinajstić information content (AvgIpc) is 2.68. The number of benzene rings is 2. The summed E-state index contributed by atoms with van der Waals surface area (Å²) in [7, 11) is 0. The van der Waals surface area contributed by atoms with Crippen molar-refractivity contribution in [2.24, 2.45) is 16.8 Å². The largest absolute Gasteiger partial charge is 0.206 e. The molecule has 1 nitrogen and oxygen atoms in total.